The summed E-state index contributed by atoms with van der Waals surface area (Å²) in [5.41, 5.74) is 7.43. The van der Waals surface area contributed by atoms with Gasteiger partial charge in [-0.1, -0.05) is 30.3 Å². The number of rotatable bonds is 2. The van der Waals surface area contributed by atoms with Crippen LogP contribution in [0.15, 0.2) is 72.6 Å². The van der Waals surface area contributed by atoms with Gasteiger partial charge in [-0.25, -0.2) is 0 Å². The molecule has 1 aliphatic carbocycles. The average molecular weight is 535 g/mol. The van der Waals surface area contributed by atoms with Gasteiger partial charge in [0.15, 0.2) is 5.78 Å². The molecule has 0 aliphatic heterocycles. The van der Waals surface area contributed by atoms with Crippen LogP contribution in [0.4, 0.5) is 0 Å². The first-order chi connectivity index (χ1) is 12.5. The summed E-state index contributed by atoms with van der Waals surface area (Å²) in [5.74, 6) is -0.0625. The predicted molar refractivity (Wildman–Crippen MR) is 104 cm³/mol. The number of aromatic nitrogens is 1. The molecule has 0 bridgehead atoms. The van der Waals surface area contributed by atoms with Gasteiger partial charge in [0.05, 0.1) is 5.76 Å². The molecule has 2 aromatic carbocycles. The van der Waals surface area contributed by atoms with E-state index in [1.807, 2.05) is 24.4 Å². The SMILES string of the molecule is CC(=O)/C=C(/C)O.[Ir].[c-]1ccccc1-c1cc2c(cn1)Cc1ccccc1-2. The van der Waals surface area contributed by atoms with Crippen LogP contribution in [-0.2, 0) is 31.3 Å². The largest absolute Gasteiger partial charge is 0.512 e. The van der Waals surface area contributed by atoms with E-state index in [0.717, 1.165) is 17.7 Å². The second kappa shape index (κ2) is 9.40. The van der Waals surface area contributed by atoms with Crippen LogP contribution in [0, 0.1) is 6.07 Å². The minimum Gasteiger partial charge on any atom is -0.512 e. The van der Waals surface area contributed by atoms with Gasteiger partial charge in [0.2, 0.25) is 0 Å². The van der Waals surface area contributed by atoms with Crippen molar-refractivity contribution in [1.82, 2.24) is 4.98 Å². The van der Waals surface area contributed by atoms with E-state index >= 15 is 0 Å². The van der Waals surface area contributed by atoms with Crippen LogP contribution in [0.3, 0.4) is 0 Å². The standard InChI is InChI=1S/C18H12N.C5H8O2.Ir/c1-2-6-13(7-3-1)18-11-17-15(12-19-18)10-14-8-4-5-9-16(14)17;1-4(6)3-5(2)7;/h1-6,8-9,11-12H,10H2;3,6H,1-2H3;/q-1;;/b;4-3-;. The molecular weight excluding hydrogens is 514 g/mol. The fraction of sp³-hybridized carbons (Fsp3) is 0.130. The van der Waals surface area contributed by atoms with Crippen molar-refractivity contribution in [3.63, 3.8) is 0 Å². The van der Waals surface area contributed by atoms with Gasteiger partial charge in [-0.15, -0.1) is 35.9 Å². The zero-order valence-corrected chi connectivity index (χ0v) is 17.6. The predicted octanol–water partition coefficient (Wildman–Crippen LogP) is 5.15. The Kier molecular flexibility index (Phi) is 7.23. The van der Waals surface area contributed by atoms with E-state index in [-0.39, 0.29) is 31.6 Å². The van der Waals surface area contributed by atoms with Gasteiger partial charge in [0.25, 0.3) is 0 Å². The zero-order valence-electron chi connectivity index (χ0n) is 15.2. The summed E-state index contributed by atoms with van der Waals surface area (Å²) in [5, 5.41) is 8.36. The molecule has 1 heterocycles. The fourth-order valence-corrected chi connectivity index (χ4v) is 3.01. The Balaban J connectivity index is 0.000000285. The smallest absolute Gasteiger partial charge is 0.155 e. The Hall–Kier alpha value is -2.55. The summed E-state index contributed by atoms with van der Waals surface area (Å²) in [6.45, 7) is 2.85. The molecule has 0 amide bonds. The molecule has 0 saturated carbocycles. The number of pyridine rings is 1. The van der Waals surface area contributed by atoms with Crippen LogP contribution < -0.4 is 0 Å². The normalized spacial score (nSPS) is 11.4. The average Bonchev–Trinajstić information content (AvgIpc) is 3.00. The van der Waals surface area contributed by atoms with Gasteiger partial charge in [-0.3, -0.25) is 4.79 Å². The first-order valence-electron chi connectivity index (χ1n) is 8.46. The summed E-state index contributed by atoms with van der Waals surface area (Å²) >= 11 is 0. The van der Waals surface area contributed by atoms with Crippen molar-refractivity contribution in [2.24, 2.45) is 0 Å². The first kappa shape index (κ1) is 20.8. The molecule has 1 aromatic heterocycles. The van der Waals surface area contributed by atoms with Gasteiger partial charge >= 0.3 is 0 Å². The van der Waals surface area contributed by atoms with Crippen LogP contribution in [0.25, 0.3) is 22.4 Å². The van der Waals surface area contributed by atoms with Crippen molar-refractivity contribution in [3.05, 3.63) is 89.8 Å². The molecule has 3 nitrogen and oxygen atoms in total. The van der Waals surface area contributed by atoms with E-state index in [1.165, 1.54) is 42.2 Å². The maximum Gasteiger partial charge on any atom is 0.155 e. The second-order valence-electron chi connectivity index (χ2n) is 6.23. The number of aliphatic hydroxyl groups excluding tert-OH is 1. The molecule has 3 aromatic rings. The minimum absolute atomic E-state index is 0. The third-order valence-electron chi connectivity index (χ3n) is 4.07. The molecule has 27 heavy (non-hydrogen) atoms. The van der Waals surface area contributed by atoms with E-state index in [9.17, 15) is 4.79 Å². The van der Waals surface area contributed by atoms with E-state index in [2.05, 4.69) is 47.4 Å². The van der Waals surface area contributed by atoms with Gasteiger partial charge in [-0.2, -0.15) is 0 Å². The number of nitrogens with zero attached hydrogens (tertiary/aromatic N) is 1. The van der Waals surface area contributed by atoms with Crippen molar-refractivity contribution in [2.45, 2.75) is 20.3 Å². The van der Waals surface area contributed by atoms with Crippen LogP contribution in [0.5, 0.6) is 0 Å². The molecule has 1 radical (unpaired) electrons. The number of carbonyl (C=O) groups is 1. The molecule has 0 spiro atoms. The van der Waals surface area contributed by atoms with Crippen LogP contribution >= 0.6 is 0 Å². The monoisotopic (exact) mass is 535 g/mol. The van der Waals surface area contributed by atoms with E-state index < -0.39 is 0 Å². The molecule has 4 heteroatoms. The van der Waals surface area contributed by atoms with Gasteiger partial charge in [0.1, 0.15) is 0 Å². The Morgan fingerprint density at radius 3 is 2.44 bits per heavy atom. The summed E-state index contributed by atoms with van der Waals surface area (Å²) in [4.78, 5) is 14.6. The van der Waals surface area contributed by atoms with Crippen molar-refractivity contribution in [3.8, 4) is 22.4 Å². The quantitative estimate of drug-likeness (QED) is 0.220. The molecule has 4 rings (SSSR count). The Morgan fingerprint density at radius 1 is 1.07 bits per heavy atom. The third kappa shape index (κ3) is 5.22. The molecule has 139 valence electrons. The Morgan fingerprint density at radius 2 is 1.81 bits per heavy atom. The van der Waals surface area contributed by atoms with Crippen molar-refractivity contribution >= 4 is 5.78 Å². The summed E-state index contributed by atoms with van der Waals surface area (Å²) < 4.78 is 0. The third-order valence-corrected chi connectivity index (χ3v) is 4.07. The number of allylic oxidation sites excluding steroid dienone is 2. The summed E-state index contributed by atoms with van der Waals surface area (Å²) in [6, 6.07) is 22.0. The summed E-state index contributed by atoms with van der Waals surface area (Å²) in [7, 11) is 0. The minimum atomic E-state index is -0.125. The number of hydrogen-bond donors (Lipinski definition) is 1. The van der Waals surface area contributed by atoms with Gasteiger partial charge in [-0.05, 0) is 41.8 Å². The van der Waals surface area contributed by atoms with Gasteiger partial charge < -0.3 is 10.1 Å². The molecule has 0 saturated heterocycles. The molecule has 0 fully saturated rings. The number of aliphatic hydroxyl groups is 1. The number of ketones is 1. The second-order valence-corrected chi connectivity index (χ2v) is 6.23. The summed E-state index contributed by atoms with van der Waals surface area (Å²) in [6.07, 6.45) is 4.17. The first-order valence-corrected chi connectivity index (χ1v) is 8.46. The van der Waals surface area contributed by atoms with Gasteiger partial charge in [0, 0.05) is 38.8 Å². The Bertz CT molecular complexity index is 961. The molecule has 0 unspecified atom stereocenters. The van der Waals surface area contributed by atoms with E-state index in [0.29, 0.717) is 0 Å². The number of fused-ring (bicyclic) bond motifs is 3. The molecule has 0 atom stereocenters. The number of benzene rings is 2. The topological polar surface area (TPSA) is 50.2 Å². The van der Waals surface area contributed by atoms with Crippen molar-refractivity contribution < 1.29 is 30.0 Å². The maximum absolute atomic E-state index is 10.0. The van der Waals surface area contributed by atoms with E-state index in [1.54, 1.807) is 0 Å². The molecule has 1 aliphatic rings. The van der Waals surface area contributed by atoms with Crippen molar-refractivity contribution in [2.75, 3.05) is 0 Å². The van der Waals surface area contributed by atoms with Crippen LogP contribution in [0.1, 0.15) is 25.0 Å². The maximum atomic E-state index is 10.0. The van der Waals surface area contributed by atoms with E-state index in [4.69, 9.17) is 5.11 Å². The fourth-order valence-electron chi connectivity index (χ4n) is 3.01. The molecule has 1 N–H and O–H groups in total. The Labute approximate surface area is 173 Å². The van der Waals surface area contributed by atoms with Crippen LogP contribution in [0.2, 0.25) is 0 Å². The zero-order chi connectivity index (χ0) is 18.5. The number of carbonyl (C=O) groups excluding carboxylic acids is 1. The molecular formula is C23H20IrNO2-. The number of hydrogen-bond acceptors (Lipinski definition) is 3. The van der Waals surface area contributed by atoms with Crippen molar-refractivity contribution in [1.29, 1.82) is 0 Å². The van der Waals surface area contributed by atoms with Crippen LogP contribution in [-0.4, -0.2) is 15.9 Å².